The van der Waals surface area contributed by atoms with Crippen LogP contribution in [0.25, 0.3) is 0 Å². The lowest BCUT2D eigenvalue weighted by molar-refractivity contribution is -0.117. The molecule has 2 atom stereocenters. The minimum atomic E-state index is -0.313. The van der Waals surface area contributed by atoms with Gasteiger partial charge in [0.1, 0.15) is 6.61 Å². The third kappa shape index (κ3) is 4.29. The second-order valence-electron chi connectivity index (χ2n) is 7.53. The number of nitrogens with zero attached hydrogens (tertiary/aromatic N) is 1. The van der Waals surface area contributed by atoms with Gasteiger partial charge in [0, 0.05) is 18.7 Å². The smallest absolute Gasteiger partial charge is 0.315 e. The number of ether oxygens (including phenoxy) is 2. The van der Waals surface area contributed by atoms with Gasteiger partial charge in [-0.3, -0.25) is 4.79 Å². The van der Waals surface area contributed by atoms with Crippen molar-refractivity contribution >= 4 is 17.6 Å². The van der Waals surface area contributed by atoms with Gasteiger partial charge in [0.15, 0.2) is 17.6 Å². The molecule has 0 radical (unpaired) electrons. The van der Waals surface area contributed by atoms with Gasteiger partial charge >= 0.3 is 6.03 Å². The zero-order chi connectivity index (χ0) is 20.4. The van der Waals surface area contributed by atoms with Crippen LogP contribution in [0, 0.1) is 13.8 Å². The van der Waals surface area contributed by atoms with E-state index >= 15 is 0 Å². The highest BCUT2D eigenvalue weighted by atomic mass is 16.6. The third-order valence-corrected chi connectivity index (χ3v) is 5.32. The second kappa shape index (κ2) is 8.03. The van der Waals surface area contributed by atoms with Gasteiger partial charge in [0.25, 0.3) is 0 Å². The molecule has 7 heteroatoms. The molecule has 2 aliphatic heterocycles. The molecule has 2 aliphatic rings. The maximum atomic E-state index is 12.4. The van der Waals surface area contributed by atoms with Gasteiger partial charge < -0.3 is 25.0 Å². The van der Waals surface area contributed by atoms with E-state index in [-0.39, 0.29) is 30.5 Å². The standard InChI is InChI=1S/C22H25N3O4/c1-14-7-8-17(9-15(14)2)25-12-16(10-21(25)26)24-22(27)23-11-18-13-28-19-5-3-4-6-20(19)29-18/h3-9,16,18H,10-13H2,1-2H3,(H2,23,24,27). The molecule has 7 nitrogen and oxygen atoms in total. The molecule has 2 N–H and O–H groups in total. The first-order valence-electron chi connectivity index (χ1n) is 9.80. The maximum absolute atomic E-state index is 12.4. The summed E-state index contributed by atoms with van der Waals surface area (Å²) in [4.78, 5) is 26.4. The number of hydrogen-bond acceptors (Lipinski definition) is 4. The fourth-order valence-electron chi connectivity index (χ4n) is 3.55. The number of fused-ring (bicyclic) bond motifs is 1. The summed E-state index contributed by atoms with van der Waals surface area (Å²) in [7, 11) is 0. The third-order valence-electron chi connectivity index (χ3n) is 5.32. The first kappa shape index (κ1) is 19.1. The van der Waals surface area contributed by atoms with Gasteiger partial charge in [0.05, 0.1) is 12.6 Å². The van der Waals surface area contributed by atoms with Gasteiger partial charge in [-0.2, -0.15) is 0 Å². The van der Waals surface area contributed by atoms with E-state index in [0.29, 0.717) is 31.2 Å². The minimum Gasteiger partial charge on any atom is -0.486 e. The van der Waals surface area contributed by atoms with Crippen LogP contribution in [-0.2, 0) is 4.79 Å². The Hall–Kier alpha value is -3.22. The topological polar surface area (TPSA) is 79.9 Å². The number of para-hydroxylation sites is 2. The Morgan fingerprint density at radius 2 is 1.93 bits per heavy atom. The highest BCUT2D eigenvalue weighted by Crippen LogP contribution is 2.30. The molecule has 1 saturated heterocycles. The molecule has 0 spiro atoms. The zero-order valence-corrected chi connectivity index (χ0v) is 16.6. The molecule has 2 unspecified atom stereocenters. The summed E-state index contributed by atoms with van der Waals surface area (Å²) in [5.41, 5.74) is 3.20. The summed E-state index contributed by atoms with van der Waals surface area (Å²) in [5, 5.41) is 5.70. The van der Waals surface area contributed by atoms with Gasteiger partial charge in [0.2, 0.25) is 5.91 Å². The fourth-order valence-corrected chi connectivity index (χ4v) is 3.55. The molecule has 4 rings (SSSR count). The van der Waals surface area contributed by atoms with Crippen molar-refractivity contribution in [3.63, 3.8) is 0 Å². The molecule has 1 fully saturated rings. The molecule has 2 heterocycles. The molecule has 29 heavy (non-hydrogen) atoms. The number of aryl methyl sites for hydroxylation is 2. The van der Waals surface area contributed by atoms with Gasteiger partial charge in [-0.05, 0) is 49.2 Å². The summed E-state index contributed by atoms with van der Waals surface area (Å²) >= 11 is 0. The number of rotatable bonds is 4. The Balaban J connectivity index is 1.27. The highest BCUT2D eigenvalue weighted by molar-refractivity contribution is 5.96. The lowest BCUT2D eigenvalue weighted by Gasteiger charge is -2.26. The number of hydrogen-bond donors (Lipinski definition) is 2. The fraction of sp³-hybridized carbons (Fsp3) is 0.364. The van der Waals surface area contributed by atoms with E-state index in [9.17, 15) is 9.59 Å². The normalized spacial score (nSPS) is 20.5. The van der Waals surface area contributed by atoms with Gasteiger partial charge in [-0.15, -0.1) is 0 Å². The predicted molar refractivity (Wildman–Crippen MR) is 110 cm³/mol. The predicted octanol–water partition coefficient (Wildman–Crippen LogP) is 2.55. The SMILES string of the molecule is Cc1ccc(N2CC(NC(=O)NCC3COc4ccccc4O3)CC2=O)cc1C. The van der Waals surface area contributed by atoms with Crippen LogP contribution in [-0.4, -0.2) is 43.8 Å². The van der Waals surface area contributed by atoms with Crippen molar-refractivity contribution in [2.45, 2.75) is 32.4 Å². The van der Waals surface area contributed by atoms with Gasteiger partial charge in [-0.1, -0.05) is 18.2 Å². The molecule has 0 bridgehead atoms. The molecule has 2 aromatic rings. The summed E-state index contributed by atoms with van der Waals surface area (Å²) < 4.78 is 11.5. The van der Waals surface area contributed by atoms with Crippen molar-refractivity contribution < 1.29 is 19.1 Å². The molecule has 0 aliphatic carbocycles. The molecule has 2 aromatic carbocycles. The van der Waals surface area contributed by atoms with Crippen LogP contribution in [0.15, 0.2) is 42.5 Å². The van der Waals surface area contributed by atoms with Crippen LogP contribution in [0.3, 0.4) is 0 Å². The molecule has 0 aromatic heterocycles. The summed E-state index contributed by atoms with van der Waals surface area (Å²) in [6.07, 6.45) is 0.0319. The van der Waals surface area contributed by atoms with E-state index in [4.69, 9.17) is 9.47 Å². The Morgan fingerprint density at radius 3 is 2.72 bits per heavy atom. The van der Waals surface area contributed by atoms with E-state index in [1.807, 2.05) is 56.3 Å². The number of anilines is 1. The molecular weight excluding hydrogens is 370 g/mol. The Labute approximate surface area is 170 Å². The van der Waals surface area contributed by atoms with Crippen molar-refractivity contribution in [2.24, 2.45) is 0 Å². The van der Waals surface area contributed by atoms with E-state index in [2.05, 4.69) is 10.6 Å². The Morgan fingerprint density at radius 1 is 1.14 bits per heavy atom. The van der Waals surface area contributed by atoms with Crippen molar-refractivity contribution in [3.05, 3.63) is 53.6 Å². The van der Waals surface area contributed by atoms with Crippen molar-refractivity contribution in [2.75, 3.05) is 24.6 Å². The quantitative estimate of drug-likeness (QED) is 0.834. The van der Waals surface area contributed by atoms with Crippen LogP contribution in [0.4, 0.5) is 10.5 Å². The lowest BCUT2D eigenvalue weighted by atomic mass is 10.1. The van der Waals surface area contributed by atoms with E-state index in [1.165, 1.54) is 5.56 Å². The molecule has 152 valence electrons. The average Bonchev–Trinajstić information content (AvgIpc) is 3.08. The molecule has 3 amide bonds. The zero-order valence-electron chi connectivity index (χ0n) is 16.6. The maximum Gasteiger partial charge on any atom is 0.315 e. The minimum absolute atomic E-state index is 0.0131. The average molecular weight is 395 g/mol. The van der Waals surface area contributed by atoms with Crippen LogP contribution in [0.1, 0.15) is 17.5 Å². The van der Waals surface area contributed by atoms with Crippen LogP contribution < -0.4 is 25.0 Å². The largest absolute Gasteiger partial charge is 0.486 e. The first-order chi connectivity index (χ1) is 14.0. The summed E-state index contributed by atoms with van der Waals surface area (Å²) in [5.74, 6) is 1.40. The van der Waals surface area contributed by atoms with Crippen LogP contribution in [0.5, 0.6) is 11.5 Å². The summed E-state index contributed by atoms with van der Waals surface area (Å²) in [6.45, 7) is 5.23. The summed E-state index contributed by atoms with van der Waals surface area (Å²) in [6, 6.07) is 12.9. The van der Waals surface area contributed by atoms with Crippen molar-refractivity contribution in [1.82, 2.24) is 10.6 Å². The Bertz CT molecular complexity index is 930. The van der Waals surface area contributed by atoms with Gasteiger partial charge in [-0.25, -0.2) is 4.79 Å². The monoisotopic (exact) mass is 395 g/mol. The van der Waals surface area contributed by atoms with Crippen molar-refractivity contribution in [3.8, 4) is 11.5 Å². The second-order valence-corrected chi connectivity index (χ2v) is 7.53. The first-order valence-corrected chi connectivity index (χ1v) is 9.80. The van der Waals surface area contributed by atoms with E-state index in [1.54, 1.807) is 4.90 Å². The Kier molecular flexibility index (Phi) is 5.29. The highest BCUT2D eigenvalue weighted by Gasteiger charge is 2.32. The molecular formula is C22H25N3O4. The van der Waals surface area contributed by atoms with E-state index < -0.39 is 0 Å². The number of nitrogens with one attached hydrogen (secondary N) is 2. The van der Waals surface area contributed by atoms with Crippen LogP contribution in [0.2, 0.25) is 0 Å². The number of carbonyl (C=O) groups excluding carboxylic acids is 2. The number of urea groups is 1. The number of amides is 3. The van der Waals surface area contributed by atoms with Crippen LogP contribution >= 0.6 is 0 Å². The number of benzene rings is 2. The van der Waals surface area contributed by atoms with Crippen molar-refractivity contribution in [1.29, 1.82) is 0 Å². The lowest BCUT2D eigenvalue weighted by Crippen LogP contribution is -2.47. The number of carbonyl (C=O) groups is 2. The molecule has 0 saturated carbocycles. The van der Waals surface area contributed by atoms with E-state index in [0.717, 1.165) is 11.3 Å².